The Balaban J connectivity index is 1.80. The van der Waals surface area contributed by atoms with E-state index in [0.717, 1.165) is 16.3 Å². The molecule has 4 rings (SSSR count). The zero-order valence-electron chi connectivity index (χ0n) is 16.1. The lowest BCUT2D eigenvalue weighted by Crippen LogP contribution is -2.54. The second-order valence-corrected chi connectivity index (χ2v) is 8.75. The summed E-state index contributed by atoms with van der Waals surface area (Å²) in [6.07, 6.45) is -1.18. The molecule has 0 aromatic heterocycles. The zero-order valence-corrected chi connectivity index (χ0v) is 16.1. The van der Waals surface area contributed by atoms with Crippen LogP contribution < -0.4 is 0 Å². The van der Waals surface area contributed by atoms with E-state index in [2.05, 4.69) is 24.3 Å². The molecule has 0 unspecified atom stereocenters. The molecular formula is C22H27NO4. The van der Waals surface area contributed by atoms with Gasteiger partial charge in [0.25, 0.3) is 0 Å². The van der Waals surface area contributed by atoms with Crippen LogP contribution in [-0.2, 0) is 11.3 Å². The number of hydrogen-bond donors (Lipinski definition) is 2. The van der Waals surface area contributed by atoms with Crippen LogP contribution >= 0.6 is 0 Å². The average Bonchev–Trinajstić information content (AvgIpc) is 2.60. The van der Waals surface area contributed by atoms with Gasteiger partial charge in [0.2, 0.25) is 0 Å². The molecule has 0 radical (unpaired) electrons. The molecule has 0 saturated heterocycles. The van der Waals surface area contributed by atoms with Crippen LogP contribution in [0.3, 0.4) is 0 Å². The van der Waals surface area contributed by atoms with Crippen molar-refractivity contribution in [2.24, 2.45) is 0 Å². The van der Waals surface area contributed by atoms with Crippen molar-refractivity contribution >= 4 is 16.9 Å². The minimum absolute atomic E-state index is 0.0224. The number of carbonyl (C=O) groups is 1. The summed E-state index contributed by atoms with van der Waals surface area (Å²) >= 11 is 0. The van der Waals surface area contributed by atoms with Crippen molar-refractivity contribution in [3.63, 3.8) is 0 Å². The third-order valence-electron chi connectivity index (χ3n) is 5.69. The highest BCUT2D eigenvalue weighted by atomic mass is 16.6. The van der Waals surface area contributed by atoms with E-state index in [-0.39, 0.29) is 18.1 Å². The quantitative estimate of drug-likeness (QED) is 0.745. The number of ether oxygens (including phenoxy) is 1. The Labute approximate surface area is 159 Å². The predicted molar refractivity (Wildman–Crippen MR) is 104 cm³/mol. The van der Waals surface area contributed by atoms with Gasteiger partial charge in [0.1, 0.15) is 5.60 Å². The fourth-order valence-electron chi connectivity index (χ4n) is 4.54. The number of benzene rings is 2. The summed E-state index contributed by atoms with van der Waals surface area (Å²) in [5.41, 5.74) is 1.71. The maximum atomic E-state index is 12.9. The van der Waals surface area contributed by atoms with Crippen LogP contribution in [0.1, 0.15) is 50.7 Å². The van der Waals surface area contributed by atoms with Crippen LogP contribution in [0.4, 0.5) is 4.79 Å². The fourth-order valence-corrected chi connectivity index (χ4v) is 4.54. The summed E-state index contributed by atoms with van der Waals surface area (Å²) in [5, 5.41) is 22.9. The van der Waals surface area contributed by atoms with Gasteiger partial charge >= 0.3 is 6.09 Å². The molecule has 1 amide bonds. The van der Waals surface area contributed by atoms with Crippen molar-refractivity contribution in [2.45, 2.75) is 69.9 Å². The molecule has 1 aliphatic heterocycles. The summed E-state index contributed by atoms with van der Waals surface area (Å²) in [4.78, 5) is 14.6. The van der Waals surface area contributed by atoms with E-state index in [0.29, 0.717) is 19.4 Å². The molecule has 1 saturated carbocycles. The van der Waals surface area contributed by atoms with E-state index >= 15 is 0 Å². The Morgan fingerprint density at radius 2 is 1.78 bits per heavy atom. The lowest BCUT2D eigenvalue weighted by molar-refractivity contribution is -0.0568. The van der Waals surface area contributed by atoms with Gasteiger partial charge in [0.05, 0.1) is 12.2 Å². The van der Waals surface area contributed by atoms with E-state index in [9.17, 15) is 15.0 Å². The van der Waals surface area contributed by atoms with Gasteiger partial charge in [-0.15, -0.1) is 0 Å². The number of nitrogens with zero attached hydrogens (tertiary/aromatic N) is 1. The van der Waals surface area contributed by atoms with E-state index in [1.54, 1.807) is 4.90 Å². The first-order chi connectivity index (χ1) is 12.7. The molecule has 1 heterocycles. The van der Waals surface area contributed by atoms with Crippen LogP contribution in [0.25, 0.3) is 10.8 Å². The molecule has 2 aromatic rings. The van der Waals surface area contributed by atoms with Crippen LogP contribution in [0, 0.1) is 0 Å². The third kappa shape index (κ3) is 3.30. The highest BCUT2D eigenvalue weighted by molar-refractivity contribution is 5.88. The second-order valence-electron chi connectivity index (χ2n) is 8.75. The molecule has 2 aliphatic rings. The molecule has 4 atom stereocenters. The lowest BCUT2D eigenvalue weighted by atomic mass is 9.71. The Hall–Kier alpha value is -2.11. The van der Waals surface area contributed by atoms with Crippen molar-refractivity contribution in [2.75, 3.05) is 0 Å². The average molecular weight is 369 g/mol. The van der Waals surface area contributed by atoms with Gasteiger partial charge in [-0.05, 0) is 55.5 Å². The number of aliphatic hydroxyl groups excluding tert-OH is 2. The zero-order chi connectivity index (χ0) is 19.3. The monoisotopic (exact) mass is 369 g/mol. The minimum atomic E-state index is -0.826. The summed E-state index contributed by atoms with van der Waals surface area (Å²) < 4.78 is 5.63. The first kappa shape index (κ1) is 18.3. The highest BCUT2D eigenvalue weighted by Crippen LogP contribution is 2.45. The Kier molecular flexibility index (Phi) is 4.40. The Bertz CT molecular complexity index is 872. The van der Waals surface area contributed by atoms with Gasteiger partial charge in [0, 0.05) is 18.5 Å². The van der Waals surface area contributed by atoms with Crippen molar-refractivity contribution < 1.29 is 19.7 Å². The van der Waals surface area contributed by atoms with Gasteiger partial charge in [0.15, 0.2) is 0 Å². The number of aliphatic hydroxyl groups is 2. The predicted octanol–water partition coefficient (Wildman–Crippen LogP) is 3.56. The molecule has 1 fully saturated rings. The van der Waals surface area contributed by atoms with Crippen molar-refractivity contribution in [3.8, 4) is 0 Å². The van der Waals surface area contributed by atoms with Crippen LogP contribution in [0.5, 0.6) is 0 Å². The summed E-state index contributed by atoms with van der Waals surface area (Å²) in [5.74, 6) is -0.0224. The minimum Gasteiger partial charge on any atom is -0.444 e. The van der Waals surface area contributed by atoms with Crippen molar-refractivity contribution in [1.29, 1.82) is 0 Å². The van der Waals surface area contributed by atoms with Gasteiger partial charge in [-0.25, -0.2) is 4.79 Å². The van der Waals surface area contributed by atoms with E-state index in [1.165, 1.54) is 5.56 Å². The first-order valence-corrected chi connectivity index (χ1v) is 9.61. The Morgan fingerprint density at radius 3 is 2.52 bits per heavy atom. The van der Waals surface area contributed by atoms with E-state index in [1.807, 2.05) is 32.9 Å². The molecule has 2 N–H and O–H groups in total. The fraction of sp³-hybridized carbons (Fsp3) is 0.500. The topological polar surface area (TPSA) is 70.0 Å². The largest absolute Gasteiger partial charge is 0.444 e. The summed E-state index contributed by atoms with van der Waals surface area (Å²) in [7, 11) is 0. The van der Waals surface area contributed by atoms with Crippen LogP contribution in [0.2, 0.25) is 0 Å². The summed E-state index contributed by atoms with van der Waals surface area (Å²) in [6.45, 7) is 6.02. The van der Waals surface area contributed by atoms with Crippen molar-refractivity contribution in [3.05, 3.63) is 47.5 Å². The maximum absolute atomic E-state index is 12.9. The SMILES string of the molecule is CC(C)(C)OC(=O)N1Cc2ccc3ccccc3c2[C@@H]2C[C@@H](O)[C@@H](O)C[C@@H]21. The molecular weight excluding hydrogens is 342 g/mol. The normalized spacial score (nSPS) is 27.8. The highest BCUT2D eigenvalue weighted by Gasteiger charge is 2.45. The van der Waals surface area contributed by atoms with Crippen LogP contribution in [-0.4, -0.2) is 45.1 Å². The molecule has 5 nitrogen and oxygen atoms in total. The standard InChI is InChI=1S/C22H27NO4/c1-22(2,3)27-21(26)23-12-14-9-8-13-6-4-5-7-15(13)20(14)16-10-18(24)19(25)11-17(16)23/h4-9,16-19,24-25H,10-12H2,1-3H3/t16-,17+,18-,19+/m1/s1. The second kappa shape index (κ2) is 6.50. The number of hydrogen-bond acceptors (Lipinski definition) is 4. The first-order valence-electron chi connectivity index (χ1n) is 9.61. The van der Waals surface area contributed by atoms with E-state index < -0.39 is 17.8 Å². The van der Waals surface area contributed by atoms with Crippen molar-refractivity contribution in [1.82, 2.24) is 4.90 Å². The molecule has 27 heavy (non-hydrogen) atoms. The number of carbonyl (C=O) groups excluding carboxylic acids is 1. The third-order valence-corrected chi connectivity index (χ3v) is 5.69. The number of amides is 1. The molecule has 5 heteroatoms. The van der Waals surface area contributed by atoms with Gasteiger partial charge in [-0.3, -0.25) is 0 Å². The molecule has 1 aliphatic carbocycles. The maximum Gasteiger partial charge on any atom is 0.410 e. The molecule has 144 valence electrons. The Morgan fingerprint density at radius 1 is 1.07 bits per heavy atom. The van der Waals surface area contributed by atoms with Gasteiger partial charge in [-0.1, -0.05) is 36.4 Å². The molecule has 0 spiro atoms. The smallest absolute Gasteiger partial charge is 0.410 e. The number of rotatable bonds is 0. The molecule has 0 bridgehead atoms. The van der Waals surface area contributed by atoms with Gasteiger partial charge in [-0.2, -0.15) is 0 Å². The molecule has 2 aromatic carbocycles. The van der Waals surface area contributed by atoms with Crippen LogP contribution in [0.15, 0.2) is 36.4 Å². The summed E-state index contributed by atoms with van der Waals surface area (Å²) in [6, 6.07) is 12.2. The van der Waals surface area contributed by atoms with E-state index in [4.69, 9.17) is 4.74 Å². The van der Waals surface area contributed by atoms with Gasteiger partial charge < -0.3 is 19.8 Å². The number of fused-ring (bicyclic) bond motifs is 5. The lowest BCUT2D eigenvalue weighted by Gasteiger charge is -2.47.